The number of hydrogen-bond donors (Lipinski definition) is 2. The van der Waals surface area contributed by atoms with E-state index in [9.17, 15) is 9.59 Å². The van der Waals surface area contributed by atoms with Gasteiger partial charge in [-0.15, -0.1) is 0 Å². The van der Waals surface area contributed by atoms with Gasteiger partial charge in [-0.3, -0.25) is 9.59 Å². The Hall–Kier alpha value is -1.88. The number of carbonyl (C=O) groups excluding carboxylic acids is 2. The van der Waals surface area contributed by atoms with Crippen molar-refractivity contribution in [2.75, 3.05) is 31.5 Å². The van der Waals surface area contributed by atoms with Gasteiger partial charge in [-0.2, -0.15) is 0 Å². The van der Waals surface area contributed by atoms with E-state index in [0.29, 0.717) is 17.4 Å². The predicted molar refractivity (Wildman–Crippen MR) is 99.6 cm³/mol. The molecule has 0 saturated carbocycles. The smallest absolute Gasteiger partial charge is 0.253 e. The molecule has 0 aromatic heterocycles. The van der Waals surface area contributed by atoms with Gasteiger partial charge in [-0.25, -0.2) is 0 Å². The fourth-order valence-corrected chi connectivity index (χ4v) is 3.46. The van der Waals surface area contributed by atoms with E-state index >= 15 is 0 Å². The van der Waals surface area contributed by atoms with Crippen LogP contribution in [0.1, 0.15) is 42.6 Å². The maximum absolute atomic E-state index is 12.7. The summed E-state index contributed by atoms with van der Waals surface area (Å²) in [6.07, 6.45) is 2.15. The SMILES string of the molecule is Cc1cc(C(=O)N2CCC(C)CC2)ccc1NC(=O)C(C)C1CNC1. The van der Waals surface area contributed by atoms with E-state index in [4.69, 9.17) is 0 Å². The fraction of sp³-hybridized carbons (Fsp3) is 0.600. The molecular formula is C20H29N3O2. The first-order valence-corrected chi connectivity index (χ1v) is 9.37. The van der Waals surface area contributed by atoms with E-state index in [2.05, 4.69) is 17.6 Å². The molecule has 2 heterocycles. The standard InChI is InChI=1S/C20H29N3O2/c1-13-6-8-23(9-7-13)20(25)16-4-5-18(14(2)10-16)22-19(24)15(3)17-11-21-12-17/h4-5,10,13,15,17,21H,6-9,11-12H2,1-3H3,(H,22,24). The number of carbonyl (C=O) groups is 2. The average Bonchev–Trinajstić information content (AvgIpc) is 2.55. The second-order valence-electron chi connectivity index (χ2n) is 7.70. The van der Waals surface area contributed by atoms with Crippen LogP contribution in [-0.2, 0) is 4.79 Å². The molecule has 1 aromatic rings. The molecule has 1 unspecified atom stereocenters. The zero-order valence-electron chi connectivity index (χ0n) is 15.5. The van der Waals surface area contributed by atoms with E-state index in [0.717, 1.165) is 50.3 Å². The van der Waals surface area contributed by atoms with Gasteiger partial charge in [0.1, 0.15) is 0 Å². The monoisotopic (exact) mass is 343 g/mol. The lowest BCUT2D eigenvalue weighted by molar-refractivity contribution is -0.121. The number of nitrogens with zero attached hydrogens (tertiary/aromatic N) is 1. The third kappa shape index (κ3) is 4.03. The normalized spacial score (nSPS) is 20.0. The minimum Gasteiger partial charge on any atom is -0.339 e. The van der Waals surface area contributed by atoms with E-state index in [1.54, 1.807) is 0 Å². The van der Waals surface area contributed by atoms with Gasteiger partial charge in [0.05, 0.1) is 0 Å². The number of nitrogens with one attached hydrogen (secondary N) is 2. The molecule has 3 rings (SSSR count). The van der Waals surface area contributed by atoms with Gasteiger partial charge in [-0.1, -0.05) is 13.8 Å². The summed E-state index contributed by atoms with van der Waals surface area (Å²) in [5, 5.41) is 6.22. The molecule has 5 nitrogen and oxygen atoms in total. The lowest BCUT2D eigenvalue weighted by atomic mass is 9.88. The summed E-state index contributed by atoms with van der Waals surface area (Å²) >= 11 is 0. The van der Waals surface area contributed by atoms with Gasteiger partial charge in [0, 0.05) is 30.3 Å². The first-order chi connectivity index (χ1) is 12.0. The summed E-state index contributed by atoms with van der Waals surface area (Å²) in [4.78, 5) is 27.0. The Morgan fingerprint density at radius 2 is 1.92 bits per heavy atom. The van der Waals surface area contributed by atoms with Crippen LogP contribution in [0.4, 0.5) is 5.69 Å². The molecule has 2 aliphatic rings. The second kappa shape index (κ2) is 7.56. The minimum atomic E-state index is -0.00250. The lowest BCUT2D eigenvalue weighted by Gasteiger charge is -2.32. The molecule has 2 N–H and O–H groups in total. The zero-order valence-corrected chi connectivity index (χ0v) is 15.5. The summed E-state index contributed by atoms with van der Waals surface area (Å²) in [6, 6.07) is 5.59. The highest BCUT2D eigenvalue weighted by Gasteiger charge is 2.29. The maximum Gasteiger partial charge on any atom is 0.253 e. The van der Waals surface area contributed by atoms with Crippen LogP contribution >= 0.6 is 0 Å². The number of amides is 2. The molecule has 136 valence electrons. The van der Waals surface area contributed by atoms with E-state index in [-0.39, 0.29) is 17.7 Å². The Labute approximate surface area is 150 Å². The number of likely N-dealkylation sites (tertiary alicyclic amines) is 1. The van der Waals surface area contributed by atoms with Gasteiger partial charge in [-0.05, 0) is 68.5 Å². The number of benzene rings is 1. The molecule has 1 atom stereocenters. The van der Waals surface area contributed by atoms with Gasteiger partial charge < -0.3 is 15.5 Å². The minimum absolute atomic E-state index is 0.00250. The Morgan fingerprint density at radius 1 is 1.24 bits per heavy atom. The molecule has 1 aromatic carbocycles. The van der Waals surface area contributed by atoms with Crippen LogP contribution in [0.2, 0.25) is 0 Å². The van der Waals surface area contributed by atoms with Crippen LogP contribution in [0.5, 0.6) is 0 Å². The number of piperidine rings is 1. The highest BCUT2D eigenvalue weighted by atomic mass is 16.2. The lowest BCUT2D eigenvalue weighted by Crippen LogP contribution is -2.48. The molecule has 2 saturated heterocycles. The van der Waals surface area contributed by atoms with Crippen molar-refractivity contribution in [1.82, 2.24) is 10.2 Å². The van der Waals surface area contributed by atoms with Crippen LogP contribution in [-0.4, -0.2) is 42.9 Å². The summed E-state index contributed by atoms with van der Waals surface area (Å²) < 4.78 is 0. The molecular weight excluding hydrogens is 314 g/mol. The Morgan fingerprint density at radius 3 is 2.48 bits per heavy atom. The van der Waals surface area contributed by atoms with E-state index < -0.39 is 0 Å². The van der Waals surface area contributed by atoms with Crippen molar-refractivity contribution < 1.29 is 9.59 Å². The summed E-state index contributed by atoms with van der Waals surface area (Å²) in [7, 11) is 0. The zero-order chi connectivity index (χ0) is 18.0. The molecule has 0 aliphatic carbocycles. The van der Waals surface area contributed by atoms with Crippen LogP contribution in [0.15, 0.2) is 18.2 Å². The summed E-state index contributed by atoms with van der Waals surface area (Å²) in [5.74, 6) is 1.27. The van der Waals surface area contributed by atoms with Crippen LogP contribution < -0.4 is 10.6 Å². The largest absolute Gasteiger partial charge is 0.339 e. The molecule has 25 heavy (non-hydrogen) atoms. The highest BCUT2D eigenvalue weighted by molar-refractivity contribution is 5.97. The van der Waals surface area contributed by atoms with Crippen molar-refractivity contribution in [3.8, 4) is 0 Å². The molecule has 0 radical (unpaired) electrons. The Bertz CT molecular complexity index is 646. The van der Waals surface area contributed by atoms with Crippen LogP contribution in [0.3, 0.4) is 0 Å². The molecule has 2 aliphatic heterocycles. The molecule has 5 heteroatoms. The van der Waals surface area contributed by atoms with E-state index in [1.165, 1.54) is 0 Å². The fourth-order valence-electron chi connectivity index (χ4n) is 3.46. The molecule has 2 amide bonds. The molecule has 0 bridgehead atoms. The Balaban J connectivity index is 1.64. The average molecular weight is 343 g/mol. The second-order valence-corrected chi connectivity index (χ2v) is 7.70. The Kier molecular flexibility index (Phi) is 5.42. The van der Waals surface area contributed by atoms with Crippen molar-refractivity contribution in [3.05, 3.63) is 29.3 Å². The number of hydrogen-bond acceptors (Lipinski definition) is 3. The predicted octanol–water partition coefficient (Wildman–Crippen LogP) is 2.66. The summed E-state index contributed by atoms with van der Waals surface area (Å²) in [6.45, 7) is 9.66. The highest BCUT2D eigenvalue weighted by Crippen LogP contribution is 2.23. The van der Waals surface area contributed by atoms with Crippen molar-refractivity contribution >= 4 is 17.5 Å². The van der Waals surface area contributed by atoms with Gasteiger partial charge in [0.25, 0.3) is 5.91 Å². The van der Waals surface area contributed by atoms with E-state index in [1.807, 2.05) is 36.9 Å². The van der Waals surface area contributed by atoms with Gasteiger partial charge in [0.15, 0.2) is 0 Å². The summed E-state index contributed by atoms with van der Waals surface area (Å²) in [5.41, 5.74) is 2.44. The van der Waals surface area contributed by atoms with Crippen molar-refractivity contribution in [3.63, 3.8) is 0 Å². The third-order valence-corrected chi connectivity index (χ3v) is 5.74. The first kappa shape index (κ1) is 17.9. The number of rotatable bonds is 4. The van der Waals surface area contributed by atoms with Crippen molar-refractivity contribution in [1.29, 1.82) is 0 Å². The van der Waals surface area contributed by atoms with Gasteiger partial charge >= 0.3 is 0 Å². The van der Waals surface area contributed by atoms with Crippen molar-refractivity contribution in [2.45, 2.75) is 33.6 Å². The quantitative estimate of drug-likeness (QED) is 0.883. The molecule has 2 fully saturated rings. The first-order valence-electron chi connectivity index (χ1n) is 9.37. The number of anilines is 1. The van der Waals surface area contributed by atoms with Gasteiger partial charge in [0.2, 0.25) is 5.91 Å². The number of aryl methyl sites for hydroxylation is 1. The maximum atomic E-state index is 12.7. The van der Waals surface area contributed by atoms with Crippen LogP contribution in [0.25, 0.3) is 0 Å². The third-order valence-electron chi connectivity index (χ3n) is 5.74. The molecule has 0 spiro atoms. The van der Waals surface area contributed by atoms with Crippen molar-refractivity contribution in [2.24, 2.45) is 17.8 Å². The van der Waals surface area contributed by atoms with Crippen LogP contribution in [0, 0.1) is 24.7 Å². The topological polar surface area (TPSA) is 61.4 Å².